The molecule has 2 aromatic rings. The van der Waals surface area contributed by atoms with Crippen LogP contribution in [0.25, 0.3) is 6.08 Å². The minimum Gasteiger partial charge on any atom is -0.490 e. The standard InChI is InChI=1S/C19H16N2O3/c20-13-15(19(22)21-16-5-2-1-3-6-16)11-14-7-8-17-18(12-14)24-10-4-9-23-17/h1-3,5-8,11-12H,4,9-10H2,(H,21,22)/b15-11+. The Bertz CT molecular complexity index is 807. The van der Waals surface area contributed by atoms with E-state index in [-0.39, 0.29) is 5.57 Å². The van der Waals surface area contributed by atoms with E-state index in [9.17, 15) is 10.1 Å². The predicted molar refractivity (Wildman–Crippen MR) is 90.7 cm³/mol. The van der Waals surface area contributed by atoms with Crippen LogP contribution in [0.3, 0.4) is 0 Å². The summed E-state index contributed by atoms with van der Waals surface area (Å²) in [6.45, 7) is 1.20. The van der Waals surface area contributed by atoms with Gasteiger partial charge < -0.3 is 14.8 Å². The normalized spacial score (nSPS) is 13.5. The summed E-state index contributed by atoms with van der Waals surface area (Å²) in [4.78, 5) is 12.2. The molecule has 5 nitrogen and oxygen atoms in total. The number of rotatable bonds is 3. The van der Waals surface area contributed by atoms with Crippen LogP contribution >= 0.6 is 0 Å². The Hall–Kier alpha value is -3.26. The molecule has 0 bridgehead atoms. The molecule has 1 heterocycles. The number of para-hydroxylation sites is 1. The van der Waals surface area contributed by atoms with Gasteiger partial charge in [0.15, 0.2) is 11.5 Å². The lowest BCUT2D eigenvalue weighted by molar-refractivity contribution is -0.112. The number of hydrogen-bond donors (Lipinski definition) is 1. The Balaban J connectivity index is 1.81. The first-order valence-electron chi connectivity index (χ1n) is 7.64. The second kappa shape index (κ2) is 7.34. The highest BCUT2D eigenvalue weighted by molar-refractivity contribution is 6.09. The Morgan fingerprint density at radius 3 is 2.58 bits per heavy atom. The molecule has 0 aromatic heterocycles. The van der Waals surface area contributed by atoms with E-state index in [0.29, 0.717) is 36.0 Å². The maximum atomic E-state index is 12.2. The van der Waals surface area contributed by atoms with E-state index in [4.69, 9.17) is 9.47 Å². The second-order valence-electron chi connectivity index (χ2n) is 5.25. The number of hydrogen-bond acceptors (Lipinski definition) is 4. The summed E-state index contributed by atoms with van der Waals surface area (Å²) in [6.07, 6.45) is 2.36. The number of nitrogens with one attached hydrogen (secondary N) is 1. The number of amides is 1. The monoisotopic (exact) mass is 320 g/mol. The van der Waals surface area contributed by atoms with Gasteiger partial charge in [0.2, 0.25) is 0 Å². The number of fused-ring (bicyclic) bond motifs is 1. The Kier molecular flexibility index (Phi) is 4.78. The maximum Gasteiger partial charge on any atom is 0.266 e. The molecule has 0 atom stereocenters. The van der Waals surface area contributed by atoms with Gasteiger partial charge in [-0.05, 0) is 35.9 Å². The van der Waals surface area contributed by atoms with E-state index >= 15 is 0 Å². The molecule has 1 aliphatic heterocycles. The quantitative estimate of drug-likeness (QED) is 0.695. The van der Waals surface area contributed by atoms with Crippen molar-refractivity contribution in [3.8, 4) is 17.6 Å². The fourth-order valence-corrected chi connectivity index (χ4v) is 2.30. The molecule has 1 N–H and O–H groups in total. The van der Waals surface area contributed by atoms with Crippen molar-refractivity contribution in [2.45, 2.75) is 6.42 Å². The van der Waals surface area contributed by atoms with Crippen LogP contribution in [-0.2, 0) is 4.79 Å². The number of benzene rings is 2. The average Bonchev–Trinajstić information content (AvgIpc) is 2.85. The number of carbonyl (C=O) groups excluding carboxylic acids is 1. The summed E-state index contributed by atoms with van der Waals surface area (Å²) in [6, 6.07) is 16.3. The largest absolute Gasteiger partial charge is 0.490 e. The van der Waals surface area contributed by atoms with E-state index in [1.165, 1.54) is 6.08 Å². The smallest absolute Gasteiger partial charge is 0.266 e. The van der Waals surface area contributed by atoms with Crippen LogP contribution in [0, 0.1) is 11.3 Å². The van der Waals surface area contributed by atoms with E-state index in [1.807, 2.05) is 24.3 Å². The molecule has 0 aliphatic carbocycles. The molecule has 2 aromatic carbocycles. The van der Waals surface area contributed by atoms with Crippen LogP contribution in [-0.4, -0.2) is 19.1 Å². The van der Waals surface area contributed by atoms with Crippen molar-refractivity contribution in [2.24, 2.45) is 0 Å². The number of carbonyl (C=O) groups is 1. The summed E-state index contributed by atoms with van der Waals surface area (Å²) < 4.78 is 11.2. The molecule has 0 saturated heterocycles. The molecule has 1 amide bonds. The molecular formula is C19H16N2O3. The molecule has 0 spiro atoms. The first kappa shape index (κ1) is 15.6. The number of nitrogens with zero attached hydrogens (tertiary/aromatic N) is 1. The van der Waals surface area contributed by atoms with Gasteiger partial charge in [0.05, 0.1) is 13.2 Å². The van der Waals surface area contributed by atoms with Crippen molar-refractivity contribution in [2.75, 3.05) is 18.5 Å². The van der Waals surface area contributed by atoms with Crippen molar-refractivity contribution in [3.63, 3.8) is 0 Å². The Labute approximate surface area is 140 Å². The van der Waals surface area contributed by atoms with Crippen molar-refractivity contribution in [3.05, 3.63) is 59.7 Å². The fourth-order valence-electron chi connectivity index (χ4n) is 2.30. The van der Waals surface area contributed by atoms with Crippen molar-refractivity contribution >= 4 is 17.7 Å². The summed E-state index contributed by atoms with van der Waals surface area (Å²) in [5, 5.41) is 12.0. The summed E-state index contributed by atoms with van der Waals surface area (Å²) in [7, 11) is 0. The van der Waals surface area contributed by atoms with Gasteiger partial charge in [0, 0.05) is 12.1 Å². The molecule has 1 aliphatic rings. The lowest BCUT2D eigenvalue weighted by Crippen LogP contribution is -2.13. The lowest BCUT2D eigenvalue weighted by atomic mass is 10.1. The topological polar surface area (TPSA) is 71.3 Å². The first-order chi connectivity index (χ1) is 11.8. The third kappa shape index (κ3) is 3.73. The molecule has 5 heteroatoms. The average molecular weight is 320 g/mol. The van der Waals surface area contributed by atoms with Gasteiger partial charge in [0.1, 0.15) is 11.6 Å². The van der Waals surface area contributed by atoms with Gasteiger partial charge >= 0.3 is 0 Å². The van der Waals surface area contributed by atoms with Crippen LogP contribution in [0.1, 0.15) is 12.0 Å². The van der Waals surface area contributed by atoms with Gasteiger partial charge in [-0.3, -0.25) is 4.79 Å². The molecule has 0 fully saturated rings. The van der Waals surface area contributed by atoms with Gasteiger partial charge in [-0.2, -0.15) is 5.26 Å². The Morgan fingerprint density at radius 2 is 1.83 bits per heavy atom. The highest BCUT2D eigenvalue weighted by atomic mass is 16.5. The molecule has 0 radical (unpaired) electrons. The highest BCUT2D eigenvalue weighted by Gasteiger charge is 2.13. The number of nitriles is 1. The zero-order valence-electron chi connectivity index (χ0n) is 13.0. The van der Waals surface area contributed by atoms with Gasteiger partial charge in [-0.15, -0.1) is 0 Å². The predicted octanol–water partition coefficient (Wildman–Crippen LogP) is 3.39. The van der Waals surface area contributed by atoms with Crippen LogP contribution in [0.15, 0.2) is 54.1 Å². The summed E-state index contributed by atoms with van der Waals surface area (Å²) in [5.41, 5.74) is 1.37. The van der Waals surface area contributed by atoms with Crippen LogP contribution in [0.5, 0.6) is 11.5 Å². The minimum atomic E-state index is -0.448. The lowest BCUT2D eigenvalue weighted by Gasteiger charge is -2.08. The van der Waals surface area contributed by atoms with E-state index in [2.05, 4.69) is 5.32 Å². The molecule has 3 rings (SSSR count). The van der Waals surface area contributed by atoms with Crippen LogP contribution in [0.2, 0.25) is 0 Å². The zero-order valence-corrected chi connectivity index (χ0v) is 13.0. The SMILES string of the molecule is N#C/C(=C\c1ccc2c(c1)OCCCO2)C(=O)Nc1ccccc1. The van der Waals surface area contributed by atoms with Crippen molar-refractivity contribution < 1.29 is 14.3 Å². The van der Waals surface area contributed by atoms with Crippen molar-refractivity contribution in [1.82, 2.24) is 0 Å². The first-order valence-corrected chi connectivity index (χ1v) is 7.64. The minimum absolute atomic E-state index is 0.0216. The third-order valence-electron chi connectivity index (χ3n) is 3.48. The van der Waals surface area contributed by atoms with Gasteiger partial charge in [-0.25, -0.2) is 0 Å². The zero-order chi connectivity index (χ0) is 16.8. The van der Waals surface area contributed by atoms with E-state index in [0.717, 1.165) is 6.42 Å². The fraction of sp³-hybridized carbons (Fsp3) is 0.158. The summed E-state index contributed by atoms with van der Waals surface area (Å²) >= 11 is 0. The second-order valence-corrected chi connectivity index (χ2v) is 5.25. The van der Waals surface area contributed by atoms with Crippen molar-refractivity contribution in [1.29, 1.82) is 5.26 Å². The van der Waals surface area contributed by atoms with E-state index < -0.39 is 5.91 Å². The van der Waals surface area contributed by atoms with Crippen LogP contribution < -0.4 is 14.8 Å². The van der Waals surface area contributed by atoms with E-state index in [1.54, 1.807) is 30.3 Å². The highest BCUT2D eigenvalue weighted by Crippen LogP contribution is 2.31. The molecule has 0 unspecified atom stereocenters. The molecule has 24 heavy (non-hydrogen) atoms. The van der Waals surface area contributed by atoms with Crippen LogP contribution in [0.4, 0.5) is 5.69 Å². The summed E-state index contributed by atoms with van der Waals surface area (Å²) in [5.74, 6) is 0.856. The maximum absolute atomic E-state index is 12.2. The molecule has 120 valence electrons. The van der Waals surface area contributed by atoms with Gasteiger partial charge in [0.25, 0.3) is 5.91 Å². The van der Waals surface area contributed by atoms with Gasteiger partial charge in [-0.1, -0.05) is 24.3 Å². The molecular weight excluding hydrogens is 304 g/mol. The number of ether oxygens (including phenoxy) is 2. The number of anilines is 1. The third-order valence-corrected chi connectivity index (χ3v) is 3.48. The Morgan fingerprint density at radius 1 is 1.08 bits per heavy atom. The molecule has 0 saturated carbocycles.